The number of benzene rings is 2. The zero-order chi connectivity index (χ0) is 16.9. The van der Waals surface area contributed by atoms with Crippen LogP contribution in [0.3, 0.4) is 0 Å². The molecule has 0 amide bonds. The maximum absolute atomic E-state index is 5.44. The molecule has 0 spiro atoms. The molecular formula is C17H19N5OS. The van der Waals surface area contributed by atoms with Gasteiger partial charge in [-0.05, 0) is 59.5 Å². The van der Waals surface area contributed by atoms with Crippen molar-refractivity contribution in [2.24, 2.45) is 0 Å². The molecule has 0 fully saturated rings. The van der Waals surface area contributed by atoms with Gasteiger partial charge in [-0.1, -0.05) is 12.1 Å². The van der Waals surface area contributed by atoms with Crippen LogP contribution >= 0.6 is 11.8 Å². The van der Waals surface area contributed by atoms with Crippen molar-refractivity contribution < 1.29 is 4.74 Å². The first-order chi connectivity index (χ1) is 11.7. The van der Waals surface area contributed by atoms with Crippen molar-refractivity contribution in [3.63, 3.8) is 0 Å². The number of hydrogen-bond donors (Lipinski definition) is 1. The Morgan fingerprint density at radius 1 is 1.21 bits per heavy atom. The summed E-state index contributed by atoms with van der Waals surface area (Å²) in [6.07, 6.45) is 2.04. The molecule has 0 radical (unpaired) electrons. The number of hydrogen-bond acceptors (Lipinski definition) is 6. The van der Waals surface area contributed by atoms with Gasteiger partial charge in [0.15, 0.2) is 5.82 Å². The van der Waals surface area contributed by atoms with Crippen molar-refractivity contribution >= 4 is 17.4 Å². The standard InChI is InChI=1S/C17H19N5OS/c1-12-19-20-21-22(12)15-6-4-5-14(10-15)18-11-13-7-8-17(24-3)16(9-13)23-2/h4-10,18H,11H2,1-3H3. The molecule has 0 atom stereocenters. The highest BCUT2D eigenvalue weighted by molar-refractivity contribution is 7.98. The van der Waals surface area contributed by atoms with E-state index in [0.29, 0.717) is 6.54 Å². The van der Waals surface area contributed by atoms with Gasteiger partial charge >= 0.3 is 0 Å². The Kier molecular flexibility index (Phi) is 5.00. The molecular weight excluding hydrogens is 322 g/mol. The highest BCUT2D eigenvalue weighted by atomic mass is 32.2. The molecule has 24 heavy (non-hydrogen) atoms. The van der Waals surface area contributed by atoms with Gasteiger partial charge in [0, 0.05) is 17.1 Å². The van der Waals surface area contributed by atoms with Crippen LogP contribution in [0.2, 0.25) is 0 Å². The molecule has 3 rings (SSSR count). The average molecular weight is 341 g/mol. The lowest BCUT2D eigenvalue weighted by molar-refractivity contribution is 0.404. The third kappa shape index (κ3) is 3.51. The Hall–Kier alpha value is -2.54. The summed E-state index contributed by atoms with van der Waals surface area (Å²) >= 11 is 1.68. The van der Waals surface area contributed by atoms with E-state index in [9.17, 15) is 0 Å². The summed E-state index contributed by atoms with van der Waals surface area (Å²) in [7, 11) is 1.70. The second-order valence-corrected chi connectivity index (χ2v) is 6.08. The number of aryl methyl sites for hydroxylation is 1. The SMILES string of the molecule is COc1cc(CNc2cccc(-n3nnnc3C)c2)ccc1SC. The second-order valence-electron chi connectivity index (χ2n) is 5.23. The molecule has 7 heteroatoms. The first-order valence-electron chi connectivity index (χ1n) is 7.51. The van der Waals surface area contributed by atoms with Gasteiger partial charge in [-0.15, -0.1) is 16.9 Å². The van der Waals surface area contributed by atoms with E-state index in [-0.39, 0.29) is 0 Å². The number of nitrogens with one attached hydrogen (secondary N) is 1. The molecule has 0 aliphatic heterocycles. The molecule has 1 N–H and O–H groups in total. The highest BCUT2D eigenvalue weighted by Crippen LogP contribution is 2.28. The van der Waals surface area contributed by atoms with Crippen molar-refractivity contribution in [1.29, 1.82) is 0 Å². The van der Waals surface area contributed by atoms with Gasteiger partial charge in [-0.2, -0.15) is 4.68 Å². The Morgan fingerprint density at radius 3 is 2.79 bits per heavy atom. The van der Waals surface area contributed by atoms with Crippen LogP contribution in [-0.4, -0.2) is 33.6 Å². The van der Waals surface area contributed by atoms with E-state index in [1.165, 1.54) is 0 Å². The molecule has 124 valence electrons. The largest absolute Gasteiger partial charge is 0.496 e. The predicted octanol–water partition coefficient (Wildman–Crippen LogP) is 3.31. The number of anilines is 1. The predicted molar refractivity (Wildman–Crippen MR) is 96.0 cm³/mol. The third-order valence-electron chi connectivity index (χ3n) is 3.66. The molecule has 0 unspecified atom stereocenters. The Balaban J connectivity index is 1.74. The summed E-state index contributed by atoms with van der Waals surface area (Å²) in [6, 6.07) is 14.3. The number of rotatable bonds is 6. The van der Waals surface area contributed by atoms with E-state index in [1.54, 1.807) is 23.6 Å². The molecule has 0 aliphatic carbocycles. The number of ether oxygens (including phenoxy) is 1. The van der Waals surface area contributed by atoms with E-state index in [0.717, 1.165) is 33.4 Å². The number of aromatic nitrogens is 4. The van der Waals surface area contributed by atoms with Crippen molar-refractivity contribution in [2.45, 2.75) is 18.4 Å². The summed E-state index contributed by atoms with van der Waals surface area (Å²) in [4.78, 5) is 1.14. The molecule has 0 saturated heterocycles. The van der Waals surface area contributed by atoms with Gasteiger partial charge in [0.25, 0.3) is 0 Å². The Bertz CT molecular complexity index is 833. The van der Waals surface area contributed by atoms with E-state index in [2.05, 4.69) is 39.0 Å². The number of nitrogens with zero attached hydrogens (tertiary/aromatic N) is 4. The van der Waals surface area contributed by atoms with E-state index in [1.807, 2.05) is 37.4 Å². The minimum atomic E-state index is 0.711. The summed E-state index contributed by atoms with van der Waals surface area (Å²) in [5.74, 6) is 1.66. The number of thioether (sulfide) groups is 1. The molecule has 3 aromatic rings. The number of tetrazole rings is 1. The van der Waals surface area contributed by atoms with Crippen LogP contribution in [0.1, 0.15) is 11.4 Å². The number of methoxy groups -OCH3 is 1. The van der Waals surface area contributed by atoms with E-state index < -0.39 is 0 Å². The van der Waals surface area contributed by atoms with Crippen LogP contribution in [0.5, 0.6) is 5.75 Å². The van der Waals surface area contributed by atoms with Crippen molar-refractivity contribution in [2.75, 3.05) is 18.7 Å². The van der Waals surface area contributed by atoms with Crippen molar-refractivity contribution in [3.05, 3.63) is 53.9 Å². The Labute approximate surface area is 145 Å². The van der Waals surface area contributed by atoms with Crippen LogP contribution in [-0.2, 0) is 6.54 Å². The van der Waals surface area contributed by atoms with E-state index in [4.69, 9.17) is 4.74 Å². The topological polar surface area (TPSA) is 64.9 Å². The minimum absolute atomic E-state index is 0.711. The van der Waals surface area contributed by atoms with Gasteiger partial charge in [0.05, 0.1) is 12.8 Å². The van der Waals surface area contributed by atoms with Gasteiger partial charge in [-0.25, -0.2) is 0 Å². The molecule has 6 nitrogen and oxygen atoms in total. The normalized spacial score (nSPS) is 10.6. The lowest BCUT2D eigenvalue weighted by atomic mass is 10.2. The Morgan fingerprint density at radius 2 is 2.08 bits per heavy atom. The lowest BCUT2D eigenvalue weighted by Crippen LogP contribution is -2.03. The fourth-order valence-corrected chi connectivity index (χ4v) is 2.96. The summed E-state index contributed by atoms with van der Waals surface area (Å²) in [5, 5.41) is 15.0. The van der Waals surface area contributed by atoms with Crippen LogP contribution in [0.15, 0.2) is 47.4 Å². The van der Waals surface area contributed by atoms with Gasteiger partial charge in [0.2, 0.25) is 0 Å². The maximum atomic E-state index is 5.44. The second kappa shape index (κ2) is 7.35. The molecule has 1 heterocycles. The molecule has 0 saturated carbocycles. The lowest BCUT2D eigenvalue weighted by Gasteiger charge is -2.11. The van der Waals surface area contributed by atoms with Gasteiger partial charge in [-0.3, -0.25) is 0 Å². The molecule has 0 bridgehead atoms. The monoisotopic (exact) mass is 341 g/mol. The molecule has 1 aromatic heterocycles. The summed E-state index contributed by atoms with van der Waals surface area (Å²) in [5.41, 5.74) is 3.10. The first-order valence-corrected chi connectivity index (χ1v) is 8.74. The van der Waals surface area contributed by atoms with E-state index >= 15 is 0 Å². The summed E-state index contributed by atoms with van der Waals surface area (Å²) < 4.78 is 7.15. The zero-order valence-corrected chi connectivity index (χ0v) is 14.7. The van der Waals surface area contributed by atoms with Crippen LogP contribution in [0.25, 0.3) is 5.69 Å². The average Bonchev–Trinajstić information content (AvgIpc) is 3.06. The smallest absolute Gasteiger partial charge is 0.153 e. The van der Waals surface area contributed by atoms with Crippen LogP contribution in [0, 0.1) is 6.92 Å². The van der Waals surface area contributed by atoms with Gasteiger partial charge in [0.1, 0.15) is 5.75 Å². The van der Waals surface area contributed by atoms with Crippen LogP contribution in [0.4, 0.5) is 5.69 Å². The van der Waals surface area contributed by atoms with Crippen molar-refractivity contribution in [3.8, 4) is 11.4 Å². The molecule has 0 aliphatic rings. The quantitative estimate of drug-likeness (QED) is 0.694. The van der Waals surface area contributed by atoms with Gasteiger partial charge < -0.3 is 10.1 Å². The van der Waals surface area contributed by atoms with Crippen LogP contribution < -0.4 is 10.1 Å². The third-order valence-corrected chi connectivity index (χ3v) is 4.44. The minimum Gasteiger partial charge on any atom is -0.496 e. The first kappa shape index (κ1) is 16.3. The highest BCUT2D eigenvalue weighted by Gasteiger charge is 2.06. The molecule has 2 aromatic carbocycles. The maximum Gasteiger partial charge on any atom is 0.153 e. The fourth-order valence-electron chi connectivity index (χ4n) is 2.41. The zero-order valence-electron chi connectivity index (χ0n) is 13.9. The summed E-state index contributed by atoms with van der Waals surface area (Å²) in [6.45, 7) is 2.59. The fraction of sp³-hybridized carbons (Fsp3) is 0.235. The van der Waals surface area contributed by atoms with Crippen molar-refractivity contribution in [1.82, 2.24) is 20.2 Å².